The summed E-state index contributed by atoms with van der Waals surface area (Å²) < 4.78 is 0.858. The van der Waals surface area contributed by atoms with Crippen LogP contribution in [0.2, 0.25) is 0 Å². The molecule has 1 fully saturated rings. The van der Waals surface area contributed by atoms with Gasteiger partial charge in [0.1, 0.15) is 0 Å². The lowest BCUT2D eigenvalue weighted by Gasteiger charge is -2.24. The predicted molar refractivity (Wildman–Crippen MR) is 75.4 cm³/mol. The Morgan fingerprint density at radius 1 is 1.67 bits per heavy atom. The molecule has 0 aliphatic carbocycles. The molecule has 0 bridgehead atoms. The molecular formula is C12H17BrN4O. The molecule has 5 nitrogen and oxygen atoms in total. The molecule has 98 valence electrons. The van der Waals surface area contributed by atoms with Crippen LogP contribution in [-0.4, -0.2) is 31.0 Å². The van der Waals surface area contributed by atoms with Crippen molar-refractivity contribution in [1.82, 2.24) is 10.3 Å². The van der Waals surface area contributed by atoms with E-state index in [0.29, 0.717) is 12.2 Å². The molecule has 1 unspecified atom stereocenters. The van der Waals surface area contributed by atoms with Crippen LogP contribution in [-0.2, 0) is 4.79 Å². The average Bonchev–Trinajstić information content (AvgIpc) is 2.72. The number of nitrogens with two attached hydrogens (primary N) is 1. The van der Waals surface area contributed by atoms with E-state index in [4.69, 9.17) is 5.73 Å². The summed E-state index contributed by atoms with van der Waals surface area (Å²) >= 11 is 3.34. The number of rotatable bonds is 2. The SMILES string of the molecule is CNC(=O)C1(C)CCN(c2ncc(Br)cc2N)C1. The number of hydrogen-bond donors (Lipinski definition) is 2. The summed E-state index contributed by atoms with van der Waals surface area (Å²) in [6.07, 6.45) is 2.53. The number of carbonyl (C=O) groups is 1. The van der Waals surface area contributed by atoms with Gasteiger partial charge in [-0.2, -0.15) is 0 Å². The van der Waals surface area contributed by atoms with Gasteiger partial charge in [-0.1, -0.05) is 0 Å². The zero-order valence-electron chi connectivity index (χ0n) is 10.5. The highest BCUT2D eigenvalue weighted by molar-refractivity contribution is 9.10. The van der Waals surface area contributed by atoms with E-state index in [1.807, 2.05) is 13.0 Å². The highest BCUT2D eigenvalue weighted by Gasteiger charge is 2.40. The normalized spacial score (nSPS) is 23.2. The fourth-order valence-corrected chi connectivity index (χ4v) is 2.69. The molecule has 2 rings (SSSR count). The van der Waals surface area contributed by atoms with Gasteiger partial charge in [0.05, 0.1) is 11.1 Å². The van der Waals surface area contributed by atoms with Crippen LogP contribution < -0.4 is 16.0 Å². The van der Waals surface area contributed by atoms with E-state index in [9.17, 15) is 4.79 Å². The summed E-state index contributed by atoms with van der Waals surface area (Å²) in [5.41, 5.74) is 6.23. The maximum Gasteiger partial charge on any atom is 0.227 e. The molecule has 0 aromatic carbocycles. The Morgan fingerprint density at radius 2 is 2.39 bits per heavy atom. The van der Waals surface area contributed by atoms with Crippen molar-refractivity contribution >= 4 is 33.3 Å². The Labute approximate surface area is 115 Å². The molecule has 1 aromatic heterocycles. The first-order valence-electron chi connectivity index (χ1n) is 5.84. The molecule has 18 heavy (non-hydrogen) atoms. The number of hydrogen-bond acceptors (Lipinski definition) is 4. The number of anilines is 2. The lowest BCUT2D eigenvalue weighted by molar-refractivity contribution is -0.128. The van der Waals surface area contributed by atoms with Crippen LogP contribution in [0.25, 0.3) is 0 Å². The number of pyridine rings is 1. The van der Waals surface area contributed by atoms with E-state index in [-0.39, 0.29) is 11.3 Å². The van der Waals surface area contributed by atoms with Crippen LogP contribution >= 0.6 is 15.9 Å². The fourth-order valence-electron chi connectivity index (χ4n) is 2.34. The number of halogens is 1. The van der Waals surface area contributed by atoms with Crippen molar-refractivity contribution in [3.8, 4) is 0 Å². The third-order valence-electron chi connectivity index (χ3n) is 3.41. The van der Waals surface area contributed by atoms with Gasteiger partial charge in [-0.25, -0.2) is 4.98 Å². The van der Waals surface area contributed by atoms with Gasteiger partial charge in [0.15, 0.2) is 5.82 Å². The maximum atomic E-state index is 11.9. The number of nitrogens with zero attached hydrogens (tertiary/aromatic N) is 2. The zero-order chi connectivity index (χ0) is 13.3. The number of amides is 1. The summed E-state index contributed by atoms with van der Waals surface area (Å²) in [6.45, 7) is 3.41. The van der Waals surface area contributed by atoms with E-state index in [2.05, 4.69) is 31.1 Å². The fraction of sp³-hybridized carbons (Fsp3) is 0.500. The highest BCUT2D eigenvalue weighted by Crippen LogP contribution is 2.35. The minimum absolute atomic E-state index is 0.0701. The highest BCUT2D eigenvalue weighted by atomic mass is 79.9. The summed E-state index contributed by atoms with van der Waals surface area (Å²) in [4.78, 5) is 18.3. The van der Waals surface area contributed by atoms with Gasteiger partial charge in [-0.3, -0.25) is 4.79 Å². The molecule has 1 aromatic rings. The average molecular weight is 313 g/mol. The van der Waals surface area contributed by atoms with Gasteiger partial charge in [-0.15, -0.1) is 0 Å². The molecule has 0 radical (unpaired) electrons. The molecular weight excluding hydrogens is 296 g/mol. The lowest BCUT2D eigenvalue weighted by atomic mass is 9.89. The van der Waals surface area contributed by atoms with Crippen molar-refractivity contribution in [2.75, 3.05) is 30.8 Å². The van der Waals surface area contributed by atoms with E-state index in [0.717, 1.165) is 23.3 Å². The Hall–Kier alpha value is -1.30. The summed E-state index contributed by atoms with van der Waals surface area (Å²) in [7, 11) is 1.67. The van der Waals surface area contributed by atoms with Gasteiger partial charge in [0, 0.05) is 30.8 Å². The number of carbonyl (C=O) groups excluding carboxylic acids is 1. The summed E-state index contributed by atoms with van der Waals surface area (Å²) in [6, 6.07) is 1.83. The van der Waals surface area contributed by atoms with Gasteiger partial charge in [0.2, 0.25) is 5.91 Å². The van der Waals surface area contributed by atoms with Crippen LogP contribution in [0.1, 0.15) is 13.3 Å². The smallest absolute Gasteiger partial charge is 0.227 e. The second kappa shape index (κ2) is 4.76. The van der Waals surface area contributed by atoms with Crippen LogP contribution in [0.5, 0.6) is 0 Å². The Bertz CT molecular complexity index is 479. The number of nitrogens with one attached hydrogen (secondary N) is 1. The van der Waals surface area contributed by atoms with Crippen molar-refractivity contribution in [1.29, 1.82) is 0 Å². The first kappa shape index (κ1) is 13.1. The van der Waals surface area contributed by atoms with Gasteiger partial charge >= 0.3 is 0 Å². The van der Waals surface area contributed by atoms with Crippen molar-refractivity contribution in [2.45, 2.75) is 13.3 Å². The van der Waals surface area contributed by atoms with E-state index in [1.165, 1.54) is 0 Å². The topological polar surface area (TPSA) is 71.2 Å². The van der Waals surface area contributed by atoms with Crippen molar-refractivity contribution in [3.05, 3.63) is 16.7 Å². The molecule has 3 N–H and O–H groups in total. The molecule has 1 aliphatic heterocycles. The molecule has 0 saturated carbocycles. The zero-order valence-corrected chi connectivity index (χ0v) is 12.1. The monoisotopic (exact) mass is 312 g/mol. The van der Waals surface area contributed by atoms with E-state index < -0.39 is 0 Å². The predicted octanol–water partition coefficient (Wildman–Crippen LogP) is 1.39. The van der Waals surface area contributed by atoms with Gasteiger partial charge in [-0.05, 0) is 35.3 Å². The molecule has 2 heterocycles. The molecule has 1 amide bonds. The third kappa shape index (κ3) is 2.29. The lowest BCUT2D eigenvalue weighted by Crippen LogP contribution is -2.39. The molecule has 1 aliphatic rings. The van der Waals surface area contributed by atoms with Crippen molar-refractivity contribution < 1.29 is 4.79 Å². The van der Waals surface area contributed by atoms with E-state index >= 15 is 0 Å². The minimum atomic E-state index is -0.365. The van der Waals surface area contributed by atoms with E-state index in [1.54, 1.807) is 13.2 Å². The second-order valence-corrected chi connectivity index (χ2v) is 5.79. The molecule has 0 spiro atoms. The largest absolute Gasteiger partial charge is 0.396 e. The molecule has 1 saturated heterocycles. The first-order chi connectivity index (χ1) is 8.46. The third-order valence-corrected chi connectivity index (χ3v) is 3.84. The quantitative estimate of drug-likeness (QED) is 0.865. The van der Waals surface area contributed by atoms with Gasteiger partial charge < -0.3 is 16.0 Å². The van der Waals surface area contributed by atoms with Crippen LogP contribution in [0.4, 0.5) is 11.5 Å². The van der Waals surface area contributed by atoms with Crippen LogP contribution in [0.15, 0.2) is 16.7 Å². The Balaban J connectivity index is 2.20. The van der Waals surface area contributed by atoms with Crippen molar-refractivity contribution in [3.63, 3.8) is 0 Å². The second-order valence-electron chi connectivity index (χ2n) is 4.88. The summed E-state index contributed by atoms with van der Waals surface area (Å²) in [5.74, 6) is 0.825. The van der Waals surface area contributed by atoms with Crippen LogP contribution in [0.3, 0.4) is 0 Å². The summed E-state index contributed by atoms with van der Waals surface area (Å²) in [5, 5.41) is 2.72. The Morgan fingerprint density at radius 3 is 3.00 bits per heavy atom. The Kier molecular flexibility index (Phi) is 3.47. The molecule has 6 heteroatoms. The maximum absolute atomic E-state index is 11.9. The minimum Gasteiger partial charge on any atom is -0.396 e. The number of nitrogen functional groups attached to an aromatic ring is 1. The molecule has 1 atom stereocenters. The standard InChI is InChI=1S/C12H17BrN4O/c1-12(11(18)15-2)3-4-17(7-12)10-9(14)5-8(13)6-16-10/h5-6H,3-4,7,14H2,1-2H3,(H,15,18). The number of aromatic nitrogens is 1. The van der Waals surface area contributed by atoms with Gasteiger partial charge in [0.25, 0.3) is 0 Å². The van der Waals surface area contributed by atoms with Crippen LogP contribution in [0, 0.1) is 5.41 Å². The van der Waals surface area contributed by atoms with Crippen molar-refractivity contribution in [2.24, 2.45) is 5.41 Å². The first-order valence-corrected chi connectivity index (χ1v) is 6.64.